The topological polar surface area (TPSA) is 49.9 Å². The highest BCUT2D eigenvalue weighted by atomic mass is 16.5. The number of para-hydroxylation sites is 1. The molecule has 5 heteroatoms. The van der Waals surface area contributed by atoms with Crippen LogP contribution in [0.3, 0.4) is 0 Å². The van der Waals surface area contributed by atoms with E-state index in [2.05, 4.69) is 24.8 Å². The van der Waals surface area contributed by atoms with Crippen molar-refractivity contribution < 1.29 is 14.3 Å². The Morgan fingerprint density at radius 2 is 1.66 bits per heavy atom. The van der Waals surface area contributed by atoms with Crippen molar-refractivity contribution in [1.29, 1.82) is 0 Å². The van der Waals surface area contributed by atoms with Crippen molar-refractivity contribution in [2.75, 3.05) is 20.2 Å². The van der Waals surface area contributed by atoms with E-state index in [0.717, 1.165) is 41.8 Å². The molecule has 2 heterocycles. The maximum atomic E-state index is 13.8. The number of ether oxygens (including phenoxy) is 1. The molecule has 0 aliphatic carbocycles. The van der Waals surface area contributed by atoms with Gasteiger partial charge in [-0.3, -0.25) is 14.5 Å². The van der Waals surface area contributed by atoms with Crippen LogP contribution in [0.1, 0.15) is 42.5 Å². The molecule has 2 unspecified atom stereocenters. The summed E-state index contributed by atoms with van der Waals surface area (Å²) >= 11 is 0. The van der Waals surface area contributed by atoms with Crippen LogP contribution >= 0.6 is 0 Å². The average Bonchev–Trinajstić information content (AvgIpc) is 2.98. The number of imide groups is 1. The molecule has 0 radical (unpaired) electrons. The lowest BCUT2D eigenvalue weighted by atomic mass is 9.90. The van der Waals surface area contributed by atoms with Gasteiger partial charge in [0.2, 0.25) is 0 Å². The van der Waals surface area contributed by atoms with E-state index in [-0.39, 0.29) is 18.4 Å². The summed E-state index contributed by atoms with van der Waals surface area (Å²) in [5.41, 5.74) is 4.89. The summed E-state index contributed by atoms with van der Waals surface area (Å²) < 4.78 is 5.47. The highest BCUT2D eigenvalue weighted by molar-refractivity contribution is 6.35. The molecule has 1 saturated heterocycles. The number of carbonyl (C=O) groups excluding carboxylic acids is 2. The first-order valence-electron chi connectivity index (χ1n) is 11.3. The Balaban J connectivity index is 1.79. The zero-order valence-corrected chi connectivity index (χ0v) is 19.6. The van der Waals surface area contributed by atoms with Gasteiger partial charge in [-0.1, -0.05) is 55.8 Å². The Morgan fingerprint density at radius 3 is 2.31 bits per heavy atom. The zero-order chi connectivity index (χ0) is 23.0. The van der Waals surface area contributed by atoms with Crippen molar-refractivity contribution in [3.63, 3.8) is 0 Å². The van der Waals surface area contributed by atoms with E-state index in [0.29, 0.717) is 28.9 Å². The fourth-order valence-corrected chi connectivity index (χ4v) is 5.19. The second kappa shape index (κ2) is 8.81. The predicted octanol–water partition coefficient (Wildman–Crippen LogP) is 4.57. The van der Waals surface area contributed by atoms with Gasteiger partial charge in [-0.25, -0.2) is 0 Å². The number of aryl methyl sites for hydroxylation is 2. The van der Waals surface area contributed by atoms with Gasteiger partial charge >= 0.3 is 0 Å². The van der Waals surface area contributed by atoms with Crippen LogP contribution in [-0.2, 0) is 16.1 Å². The highest BCUT2D eigenvalue weighted by Crippen LogP contribution is 2.37. The number of hydrogen-bond acceptors (Lipinski definition) is 4. The van der Waals surface area contributed by atoms with Crippen LogP contribution in [0.25, 0.3) is 5.57 Å². The molecule has 0 spiro atoms. The van der Waals surface area contributed by atoms with Gasteiger partial charge < -0.3 is 9.64 Å². The number of piperidine rings is 1. The fraction of sp³-hybridized carbons (Fsp3) is 0.407. The first-order valence-corrected chi connectivity index (χ1v) is 11.3. The van der Waals surface area contributed by atoms with Gasteiger partial charge in [-0.2, -0.15) is 0 Å². The van der Waals surface area contributed by atoms with Gasteiger partial charge in [0.25, 0.3) is 11.8 Å². The van der Waals surface area contributed by atoms with E-state index in [1.54, 1.807) is 7.11 Å². The second-order valence-electron chi connectivity index (χ2n) is 9.40. The molecule has 2 aromatic carbocycles. The lowest BCUT2D eigenvalue weighted by Crippen LogP contribution is -2.41. The molecule has 0 saturated carbocycles. The number of likely N-dealkylation sites (tertiary alicyclic amines) is 1. The van der Waals surface area contributed by atoms with Gasteiger partial charge in [-0.15, -0.1) is 0 Å². The summed E-state index contributed by atoms with van der Waals surface area (Å²) in [5.74, 6) is 1.18. The molecule has 2 aliphatic rings. The predicted molar refractivity (Wildman–Crippen MR) is 126 cm³/mol. The minimum atomic E-state index is -0.228. The summed E-state index contributed by atoms with van der Waals surface area (Å²) in [6.07, 6.45) is 1.13. The van der Waals surface area contributed by atoms with Crippen LogP contribution < -0.4 is 4.74 Å². The monoisotopic (exact) mass is 432 g/mol. The smallest absolute Gasteiger partial charge is 0.278 e. The molecule has 0 aromatic heterocycles. The number of benzene rings is 2. The largest absolute Gasteiger partial charge is 0.496 e. The fourth-order valence-electron chi connectivity index (χ4n) is 5.19. The minimum Gasteiger partial charge on any atom is -0.496 e. The molecule has 4 rings (SSSR count). The third kappa shape index (κ3) is 4.04. The molecule has 168 valence electrons. The lowest BCUT2D eigenvalue weighted by molar-refractivity contribution is -0.138. The van der Waals surface area contributed by atoms with Gasteiger partial charge in [0, 0.05) is 18.7 Å². The van der Waals surface area contributed by atoms with Crippen molar-refractivity contribution in [3.05, 3.63) is 70.4 Å². The summed E-state index contributed by atoms with van der Waals surface area (Å²) in [5, 5.41) is 0. The molecule has 2 amide bonds. The van der Waals surface area contributed by atoms with Crippen molar-refractivity contribution >= 4 is 17.4 Å². The Labute approximate surface area is 190 Å². The van der Waals surface area contributed by atoms with Crippen molar-refractivity contribution in [1.82, 2.24) is 9.80 Å². The van der Waals surface area contributed by atoms with Crippen molar-refractivity contribution in [2.45, 2.75) is 40.7 Å². The second-order valence-corrected chi connectivity index (χ2v) is 9.40. The number of nitrogens with zero attached hydrogens (tertiary/aromatic N) is 2. The molecule has 32 heavy (non-hydrogen) atoms. The van der Waals surface area contributed by atoms with E-state index in [9.17, 15) is 9.59 Å². The molecule has 1 fully saturated rings. The molecule has 2 atom stereocenters. The van der Waals surface area contributed by atoms with E-state index < -0.39 is 0 Å². The number of amides is 2. The molecular formula is C27H32N2O3. The summed E-state index contributed by atoms with van der Waals surface area (Å²) in [6, 6.07) is 13.6. The summed E-state index contributed by atoms with van der Waals surface area (Å²) in [7, 11) is 1.60. The van der Waals surface area contributed by atoms with E-state index >= 15 is 0 Å². The quantitative estimate of drug-likeness (QED) is 0.650. The number of hydrogen-bond donors (Lipinski definition) is 0. The first-order chi connectivity index (χ1) is 15.3. The Bertz CT molecular complexity index is 1080. The maximum absolute atomic E-state index is 13.8. The minimum absolute atomic E-state index is 0.193. The summed E-state index contributed by atoms with van der Waals surface area (Å²) in [4.78, 5) is 31.0. The van der Waals surface area contributed by atoms with Crippen LogP contribution in [-0.4, -0.2) is 41.8 Å². The van der Waals surface area contributed by atoms with Crippen LogP contribution in [0.15, 0.2) is 48.2 Å². The lowest BCUT2D eigenvalue weighted by Gasteiger charge is -2.37. The number of rotatable bonds is 5. The Morgan fingerprint density at radius 1 is 0.969 bits per heavy atom. The van der Waals surface area contributed by atoms with E-state index in [1.165, 1.54) is 4.90 Å². The normalized spacial score (nSPS) is 21.5. The van der Waals surface area contributed by atoms with Crippen LogP contribution in [0.5, 0.6) is 5.75 Å². The highest BCUT2D eigenvalue weighted by Gasteiger charge is 2.43. The first kappa shape index (κ1) is 22.1. The number of carbonyl (C=O) groups is 2. The van der Waals surface area contributed by atoms with Crippen LogP contribution in [0.2, 0.25) is 0 Å². The van der Waals surface area contributed by atoms with Crippen LogP contribution in [0.4, 0.5) is 0 Å². The third-order valence-corrected chi connectivity index (χ3v) is 6.50. The zero-order valence-electron chi connectivity index (χ0n) is 19.6. The average molecular weight is 433 g/mol. The molecule has 5 nitrogen and oxygen atoms in total. The number of methoxy groups -OCH3 is 1. The Hall–Kier alpha value is -3.08. The van der Waals surface area contributed by atoms with E-state index in [1.807, 2.05) is 50.2 Å². The molecule has 0 bridgehead atoms. The van der Waals surface area contributed by atoms with Gasteiger partial charge in [0.1, 0.15) is 11.4 Å². The molecule has 2 aliphatic heterocycles. The summed E-state index contributed by atoms with van der Waals surface area (Å²) in [6.45, 7) is 10.2. The van der Waals surface area contributed by atoms with E-state index in [4.69, 9.17) is 4.74 Å². The SMILES string of the molecule is COc1ccccc1CN1C(=O)C(c2ccc(C)cc2C)=C(N2CC(C)CC(C)C2)C1=O. The molecular weight excluding hydrogens is 400 g/mol. The van der Waals surface area contributed by atoms with Crippen molar-refractivity contribution in [3.8, 4) is 5.75 Å². The molecule has 2 aromatic rings. The van der Waals surface area contributed by atoms with Gasteiger partial charge in [0.05, 0.1) is 19.2 Å². The Kier molecular flexibility index (Phi) is 6.09. The molecule has 0 N–H and O–H groups in total. The maximum Gasteiger partial charge on any atom is 0.278 e. The van der Waals surface area contributed by atoms with Crippen molar-refractivity contribution in [2.24, 2.45) is 11.8 Å². The third-order valence-electron chi connectivity index (χ3n) is 6.50. The standard InChI is InChI=1S/C27H32N2O3/c1-17-10-11-22(20(4)13-17)24-25(28-14-18(2)12-19(3)15-28)27(31)29(26(24)30)16-21-8-6-7-9-23(21)32-5/h6-11,13,18-19H,12,14-16H2,1-5H3. The van der Waals surface area contributed by atoms with Gasteiger partial charge in [-0.05, 0) is 49.3 Å². The van der Waals surface area contributed by atoms with Crippen LogP contribution in [0, 0.1) is 25.7 Å². The van der Waals surface area contributed by atoms with Gasteiger partial charge in [0.15, 0.2) is 0 Å².